The van der Waals surface area contributed by atoms with E-state index in [0.29, 0.717) is 18.9 Å². The number of hydrogen-bond donors (Lipinski definition) is 1. The van der Waals surface area contributed by atoms with Gasteiger partial charge in [-0.2, -0.15) is 0 Å². The van der Waals surface area contributed by atoms with Crippen LogP contribution in [0.5, 0.6) is 0 Å². The summed E-state index contributed by atoms with van der Waals surface area (Å²) < 4.78 is 7.39. The van der Waals surface area contributed by atoms with Gasteiger partial charge in [-0.25, -0.2) is 0 Å². The molecule has 0 saturated heterocycles. The summed E-state index contributed by atoms with van der Waals surface area (Å²) in [6.45, 7) is 7.40. The molecule has 2 rings (SSSR count). The Morgan fingerprint density at radius 3 is 2.92 bits per heavy atom. The number of aromatic nitrogens is 3. The minimum absolute atomic E-state index is 0.00660. The van der Waals surface area contributed by atoms with E-state index in [1.54, 1.807) is 6.33 Å². The van der Waals surface area contributed by atoms with Crippen molar-refractivity contribution in [2.75, 3.05) is 18.9 Å². The fourth-order valence-electron chi connectivity index (χ4n) is 2.33. The summed E-state index contributed by atoms with van der Waals surface area (Å²) in [7, 11) is 0. The predicted octanol–water partition coefficient (Wildman–Crippen LogP) is 2.85. The van der Waals surface area contributed by atoms with Crippen LogP contribution in [-0.2, 0) is 16.0 Å². The van der Waals surface area contributed by atoms with Crippen LogP contribution in [0.2, 0.25) is 0 Å². The Kier molecular flexibility index (Phi) is 7.94. The predicted molar refractivity (Wildman–Crippen MR) is 100 cm³/mol. The highest BCUT2D eigenvalue weighted by atomic mass is 32.2. The minimum Gasteiger partial charge on any atom is -0.379 e. The van der Waals surface area contributed by atoms with E-state index in [9.17, 15) is 4.79 Å². The van der Waals surface area contributed by atoms with Crippen LogP contribution in [0.15, 0.2) is 35.7 Å². The van der Waals surface area contributed by atoms with Crippen LogP contribution in [0, 0.1) is 0 Å². The zero-order valence-electron chi connectivity index (χ0n) is 15.1. The second-order valence-electron chi connectivity index (χ2n) is 5.88. The molecule has 1 aromatic heterocycles. The average molecular weight is 362 g/mol. The highest BCUT2D eigenvalue weighted by Crippen LogP contribution is 2.22. The van der Waals surface area contributed by atoms with Crippen molar-refractivity contribution in [3.05, 3.63) is 36.2 Å². The van der Waals surface area contributed by atoms with Crippen LogP contribution in [0.3, 0.4) is 0 Å². The van der Waals surface area contributed by atoms with E-state index in [1.165, 1.54) is 17.3 Å². The van der Waals surface area contributed by atoms with Crippen molar-refractivity contribution in [2.45, 2.75) is 44.9 Å². The Hall–Kier alpha value is -1.86. The maximum atomic E-state index is 12.0. The number of thioether (sulfide) groups is 1. The van der Waals surface area contributed by atoms with Gasteiger partial charge in [-0.15, -0.1) is 10.2 Å². The molecule has 136 valence electrons. The molecule has 1 heterocycles. The number of nitrogens with one attached hydrogen (secondary N) is 1. The van der Waals surface area contributed by atoms with E-state index in [0.717, 1.165) is 23.7 Å². The van der Waals surface area contributed by atoms with Crippen LogP contribution in [0.4, 0.5) is 0 Å². The van der Waals surface area contributed by atoms with Crippen molar-refractivity contribution in [1.82, 2.24) is 20.1 Å². The van der Waals surface area contributed by atoms with Gasteiger partial charge in [-0.05, 0) is 38.3 Å². The zero-order chi connectivity index (χ0) is 18.1. The molecule has 1 aromatic carbocycles. The van der Waals surface area contributed by atoms with Crippen molar-refractivity contribution in [3.8, 4) is 5.69 Å². The van der Waals surface area contributed by atoms with Gasteiger partial charge in [0.15, 0.2) is 5.16 Å². The van der Waals surface area contributed by atoms with Crippen LogP contribution >= 0.6 is 11.8 Å². The summed E-state index contributed by atoms with van der Waals surface area (Å²) in [5, 5.41) is 11.8. The number of nitrogens with zero attached hydrogens (tertiary/aromatic N) is 3. The standard InChI is InChI=1S/C18H26N4O2S/c1-4-15-8-5-6-9-16(15)22-13-20-21-18(22)25-12-17(23)19-10-7-11-24-14(2)3/h5-6,8-9,13-14H,4,7,10-12H2,1-3H3,(H,19,23). The van der Waals surface area contributed by atoms with Gasteiger partial charge in [0, 0.05) is 13.2 Å². The number of hydrogen-bond acceptors (Lipinski definition) is 5. The third-order valence-electron chi connectivity index (χ3n) is 3.58. The summed E-state index contributed by atoms with van der Waals surface area (Å²) >= 11 is 1.39. The highest BCUT2D eigenvalue weighted by Gasteiger charge is 2.12. The normalized spacial score (nSPS) is 11.0. The summed E-state index contributed by atoms with van der Waals surface area (Å²) in [5.74, 6) is 0.311. The third kappa shape index (κ3) is 6.17. The first-order valence-corrected chi connectivity index (χ1v) is 9.59. The Bertz CT molecular complexity index is 673. The quantitative estimate of drug-likeness (QED) is 0.520. The van der Waals surface area contributed by atoms with Crippen LogP contribution in [0.1, 0.15) is 32.8 Å². The van der Waals surface area contributed by atoms with E-state index in [4.69, 9.17) is 4.74 Å². The maximum absolute atomic E-state index is 12.0. The van der Waals surface area contributed by atoms with Crippen LogP contribution in [-0.4, -0.2) is 45.7 Å². The molecule has 6 nitrogen and oxygen atoms in total. The second-order valence-corrected chi connectivity index (χ2v) is 6.82. The number of amides is 1. The highest BCUT2D eigenvalue weighted by molar-refractivity contribution is 7.99. The van der Waals surface area contributed by atoms with Crippen molar-refractivity contribution in [2.24, 2.45) is 0 Å². The molecule has 7 heteroatoms. The number of carbonyl (C=O) groups is 1. The number of para-hydroxylation sites is 1. The van der Waals surface area contributed by atoms with E-state index < -0.39 is 0 Å². The van der Waals surface area contributed by atoms with Crippen molar-refractivity contribution in [1.29, 1.82) is 0 Å². The fourth-order valence-corrected chi connectivity index (χ4v) is 3.08. The molecule has 0 atom stereocenters. The first kappa shape index (κ1) is 19.5. The van der Waals surface area contributed by atoms with Crippen molar-refractivity contribution < 1.29 is 9.53 Å². The van der Waals surface area contributed by atoms with E-state index in [-0.39, 0.29) is 12.0 Å². The molecule has 25 heavy (non-hydrogen) atoms. The molecular weight excluding hydrogens is 336 g/mol. The van der Waals surface area contributed by atoms with Gasteiger partial charge in [0.05, 0.1) is 17.5 Å². The molecule has 2 aromatic rings. The number of ether oxygens (including phenoxy) is 1. The topological polar surface area (TPSA) is 69.0 Å². The Labute approximate surface area is 153 Å². The average Bonchev–Trinajstić information content (AvgIpc) is 3.07. The van der Waals surface area contributed by atoms with E-state index in [2.05, 4.69) is 28.5 Å². The molecule has 1 N–H and O–H groups in total. The molecule has 0 radical (unpaired) electrons. The monoisotopic (exact) mass is 362 g/mol. The third-order valence-corrected chi connectivity index (χ3v) is 4.52. The minimum atomic E-state index is -0.00660. The van der Waals surface area contributed by atoms with Crippen LogP contribution in [0.25, 0.3) is 5.69 Å². The van der Waals surface area contributed by atoms with Gasteiger partial charge >= 0.3 is 0 Å². The number of rotatable bonds is 10. The van der Waals surface area contributed by atoms with Gasteiger partial charge in [0.2, 0.25) is 5.91 Å². The molecule has 0 aliphatic rings. The van der Waals surface area contributed by atoms with Gasteiger partial charge < -0.3 is 10.1 Å². The molecule has 0 fully saturated rings. The first-order chi connectivity index (χ1) is 12.1. The Balaban J connectivity index is 1.84. The summed E-state index contributed by atoms with van der Waals surface area (Å²) in [4.78, 5) is 12.0. The number of aryl methyl sites for hydroxylation is 1. The maximum Gasteiger partial charge on any atom is 0.230 e. The number of carbonyl (C=O) groups excluding carboxylic acids is 1. The van der Waals surface area contributed by atoms with E-state index >= 15 is 0 Å². The van der Waals surface area contributed by atoms with Crippen LogP contribution < -0.4 is 5.32 Å². The molecule has 0 aliphatic heterocycles. The molecule has 0 saturated carbocycles. The van der Waals surface area contributed by atoms with E-state index in [1.807, 2.05) is 36.6 Å². The lowest BCUT2D eigenvalue weighted by atomic mass is 10.1. The molecule has 0 unspecified atom stereocenters. The van der Waals surface area contributed by atoms with Crippen molar-refractivity contribution in [3.63, 3.8) is 0 Å². The lowest BCUT2D eigenvalue weighted by Crippen LogP contribution is -2.27. The molecule has 0 aliphatic carbocycles. The summed E-state index contributed by atoms with van der Waals surface area (Å²) in [6.07, 6.45) is 3.66. The number of benzene rings is 1. The molecular formula is C18H26N4O2S. The second kappa shape index (κ2) is 10.2. The van der Waals surface area contributed by atoms with Gasteiger partial charge in [-0.1, -0.05) is 36.9 Å². The molecule has 1 amide bonds. The molecule has 0 spiro atoms. The fraction of sp³-hybridized carbons (Fsp3) is 0.500. The summed E-state index contributed by atoms with van der Waals surface area (Å²) in [5.41, 5.74) is 2.28. The molecule has 0 bridgehead atoms. The lowest BCUT2D eigenvalue weighted by molar-refractivity contribution is -0.118. The van der Waals surface area contributed by atoms with Gasteiger partial charge in [0.25, 0.3) is 0 Å². The smallest absolute Gasteiger partial charge is 0.230 e. The lowest BCUT2D eigenvalue weighted by Gasteiger charge is -2.11. The summed E-state index contributed by atoms with van der Waals surface area (Å²) in [6, 6.07) is 8.15. The van der Waals surface area contributed by atoms with Gasteiger partial charge in [-0.3, -0.25) is 9.36 Å². The SMILES string of the molecule is CCc1ccccc1-n1cnnc1SCC(=O)NCCCOC(C)C. The first-order valence-electron chi connectivity index (χ1n) is 8.61. The van der Waals surface area contributed by atoms with Gasteiger partial charge in [0.1, 0.15) is 6.33 Å². The van der Waals surface area contributed by atoms with Crippen molar-refractivity contribution >= 4 is 17.7 Å². The Morgan fingerprint density at radius 1 is 1.36 bits per heavy atom. The zero-order valence-corrected chi connectivity index (χ0v) is 15.9. The Morgan fingerprint density at radius 2 is 2.16 bits per heavy atom. The largest absolute Gasteiger partial charge is 0.379 e.